The maximum absolute atomic E-state index is 13.0. The summed E-state index contributed by atoms with van der Waals surface area (Å²) < 4.78 is 3.31. The molecule has 1 amide bonds. The predicted octanol–water partition coefficient (Wildman–Crippen LogP) is 2.16. The number of aryl methyl sites for hydroxylation is 2. The molecule has 3 aromatic rings. The zero-order valence-electron chi connectivity index (χ0n) is 18.4. The molecule has 10 nitrogen and oxygen atoms in total. The second-order valence-electron chi connectivity index (χ2n) is 8.64. The van der Waals surface area contributed by atoms with Crippen molar-refractivity contribution < 1.29 is 4.79 Å². The van der Waals surface area contributed by atoms with Gasteiger partial charge in [-0.1, -0.05) is 11.8 Å². The highest BCUT2D eigenvalue weighted by atomic mass is 32.2. The molecule has 0 aromatic carbocycles. The first-order valence-electron chi connectivity index (χ1n) is 10.8. The van der Waals surface area contributed by atoms with Gasteiger partial charge in [-0.15, -0.1) is 0 Å². The molecule has 0 radical (unpaired) electrons. The minimum atomic E-state index is -0.528. The van der Waals surface area contributed by atoms with Crippen molar-refractivity contribution in [2.75, 3.05) is 5.32 Å². The van der Waals surface area contributed by atoms with E-state index >= 15 is 0 Å². The fourth-order valence-corrected chi connectivity index (χ4v) is 4.76. The minimum absolute atomic E-state index is 0.0545. The number of carbonyl (C=O) groups excluding carboxylic acids is 1. The third-order valence-corrected chi connectivity index (χ3v) is 7.12. The number of thioether (sulfide) groups is 1. The van der Waals surface area contributed by atoms with Crippen LogP contribution in [-0.2, 0) is 11.8 Å². The van der Waals surface area contributed by atoms with Gasteiger partial charge in [-0.3, -0.25) is 23.8 Å². The van der Waals surface area contributed by atoms with Crippen LogP contribution in [0.2, 0.25) is 0 Å². The number of aromatic nitrogens is 6. The summed E-state index contributed by atoms with van der Waals surface area (Å²) in [7, 11) is 1.83. The number of H-pyrrole nitrogens is 1. The minimum Gasteiger partial charge on any atom is -0.322 e. The molecule has 3 heterocycles. The number of aromatic amines is 1. The van der Waals surface area contributed by atoms with Gasteiger partial charge in [-0.05, 0) is 46.5 Å². The number of nitrogens with one attached hydrogen (secondary N) is 2. The highest BCUT2D eigenvalue weighted by Gasteiger charge is 2.33. The zero-order chi connectivity index (χ0) is 22.7. The molecule has 2 N–H and O–H groups in total. The van der Waals surface area contributed by atoms with E-state index < -0.39 is 16.5 Å². The molecule has 0 spiro atoms. The number of hydrogen-bond acceptors (Lipinski definition) is 7. The molecule has 2 aliphatic rings. The third kappa shape index (κ3) is 3.64. The summed E-state index contributed by atoms with van der Waals surface area (Å²) in [6.45, 7) is 5.51. The highest BCUT2D eigenvalue weighted by Crippen LogP contribution is 2.41. The van der Waals surface area contributed by atoms with Crippen molar-refractivity contribution in [2.45, 2.75) is 68.7 Å². The lowest BCUT2D eigenvalue weighted by molar-refractivity contribution is -0.115. The van der Waals surface area contributed by atoms with E-state index in [0.29, 0.717) is 22.2 Å². The molecule has 2 fully saturated rings. The van der Waals surface area contributed by atoms with Gasteiger partial charge in [-0.25, -0.2) is 14.8 Å². The SMILES string of the molecule is Cc1nn(C)c(C)c1NC(=O)C(C)Sc1nc(C2CC2)nc2c1c(=O)[nH]c(=O)n2C1CC1. The topological polar surface area (TPSA) is 128 Å². The third-order valence-electron chi connectivity index (χ3n) is 6.04. The van der Waals surface area contributed by atoms with Gasteiger partial charge in [0.2, 0.25) is 5.91 Å². The summed E-state index contributed by atoms with van der Waals surface area (Å²) in [6.07, 6.45) is 3.74. The van der Waals surface area contributed by atoms with Crippen molar-refractivity contribution in [3.63, 3.8) is 0 Å². The van der Waals surface area contributed by atoms with Crippen LogP contribution in [0.3, 0.4) is 0 Å². The average Bonchev–Trinajstić information content (AvgIpc) is 3.63. The lowest BCUT2D eigenvalue weighted by Gasteiger charge is -2.15. The Morgan fingerprint density at radius 3 is 2.50 bits per heavy atom. The van der Waals surface area contributed by atoms with Crippen LogP contribution < -0.4 is 16.6 Å². The lowest BCUT2D eigenvalue weighted by Crippen LogP contribution is -2.31. The van der Waals surface area contributed by atoms with E-state index in [0.717, 1.165) is 37.1 Å². The Morgan fingerprint density at radius 1 is 1.19 bits per heavy atom. The summed E-state index contributed by atoms with van der Waals surface area (Å²) in [6, 6.07) is 0.0545. The van der Waals surface area contributed by atoms with E-state index in [1.165, 1.54) is 11.8 Å². The predicted molar refractivity (Wildman–Crippen MR) is 121 cm³/mol. The van der Waals surface area contributed by atoms with E-state index in [-0.39, 0.29) is 23.3 Å². The quantitative estimate of drug-likeness (QED) is 0.431. The van der Waals surface area contributed by atoms with Crippen LogP contribution in [0.25, 0.3) is 11.0 Å². The van der Waals surface area contributed by atoms with Crippen LogP contribution in [-0.4, -0.2) is 40.5 Å². The molecule has 2 saturated carbocycles. The van der Waals surface area contributed by atoms with Gasteiger partial charge in [0.1, 0.15) is 16.2 Å². The molecule has 0 aliphatic heterocycles. The Bertz CT molecular complexity index is 1360. The smallest absolute Gasteiger partial charge is 0.322 e. The first kappa shape index (κ1) is 20.9. The Morgan fingerprint density at radius 2 is 1.91 bits per heavy atom. The summed E-state index contributed by atoms with van der Waals surface area (Å²) in [5.41, 5.74) is 1.72. The van der Waals surface area contributed by atoms with Crippen LogP contribution in [0.5, 0.6) is 0 Å². The highest BCUT2D eigenvalue weighted by molar-refractivity contribution is 8.00. The summed E-state index contributed by atoms with van der Waals surface area (Å²) in [4.78, 5) is 50.0. The standard InChI is InChI=1S/C21H25N7O3S/c1-9-15(10(2)27(4)26-9)22-18(29)11(3)32-20-14-17(23-16(24-20)12-5-6-12)28(13-7-8-13)21(31)25-19(14)30/h11-13H,5-8H2,1-4H3,(H,22,29)(H,25,30,31). The van der Waals surface area contributed by atoms with Crippen molar-refractivity contribution in [1.82, 2.24) is 29.3 Å². The summed E-state index contributed by atoms with van der Waals surface area (Å²) in [5, 5.41) is 7.48. The molecular formula is C21H25N7O3S. The van der Waals surface area contributed by atoms with Gasteiger partial charge in [0, 0.05) is 19.0 Å². The number of amides is 1. The van der Waals surface area contributed by atoms with E-state index in [4.69, 9.17) is 0 Å². The van der Waals surface area contributed by atoms with Gasteiger partial charge in [-0.2, -0.15) is 5.10 Å². The molecule has 2 aliphatic carbocycles. The van der Waals surface area contributed by atoms with E-state index in [2.05, 4.69) is 25.4 Å². The van der Waals surface area contributed by atoms with Gasteiger partial charge in [0.05, 0.1) is 22.3 Å². The number of anilines is 1. The van der Waals surface area contributed by atoms with Gasteiger partial charge < -0.3 is 5.32 Å². The molecule has 11 heteroatoms. The van der Waals surface area contributed by atoms with Crippen LogP contribution >= 0.6 is 11.8 Å². The molecule has 0 saturated heterocycles. The number of hydrogen-bond donors (Lipinski definition) is 2. The maximum Gasteiger partial charge on any atom is 0.330 e. The van der Waals surface area contributed by atoms with Crippen LogP contribution in [0, 0.1) is 13.8 Å². The van der Waals surface area contributed by atoms with Crippen LogP contribution in [0.1, 0.15) is 61.8 Å². The number of nitrogens with zero attached hydrogens (tertiary/aromatic N) is 5. The van der Waals surface area contributed by atoms with Crippen molar-refractivity contribution in [2.24, 2.45) is 7.05 Å². The molecule has 0 bridgehead atoms. The number of fused-ring (bicyclic) bond motifs is 1. The van der Waals surface area contributed by atoms with E-state index in [9.17, 15) is 14.4 Å². The Kier molecular flexibility index (Phi) is 4.95. The molecule has 32 heavy (non-hydrogen) atoms. The van der Waals surface area contributed by atoms with Gasteiger partial charge in [0.15, 0.2) is 5.65 Å². The Hall–Kier alpha value is -2.95. The van der Waals surface area contributed by atoms with E-state index in [1.807, 2.05) is 20.9 Å². The van der Waals surface area contributed by atoms with Gasteiger partial charge >= 0.3 is 5.69 Å². The fourth-order valence-electron chi connectivity index (χ4n) is 3.82. The summed E-state index contributed by atoms with van der Waals surface area (Å²) >= 11 is 1.21. The lowest BCUT2D eigenvalue weighted by atomic mass is 10.3. The Balaban J connectivity index is 1.53. The largest absolute Gasteiger partial charge is 0.330 e. The van der Waals surface area contributed by atoms with Crippen molar-refractivity contribution in [1.29, 1.82) is 0 Å². The second-order valence-corrected chi connectivity index (χ2v) is 9.97. The number of carbonyl (C=O) groups is 1. The molecule has 1 unspecified atom stereocenters. The average molecular weight is 456 g/mol. The molecule has 168 valence electrons. The monoisotopic (exact) mass is 455 g/mol. The fraction of sp³-hybridized carbons (Fsp3) is 0.524. The van der Waals surface area contributed by atoms with Crippen molar-refractivity contribution in [3.05, 3.63) is 38.1 Å². The van der Waals surface area contributed by atoms with Crippen molar-refractivity contribution in [3.8, 4) is 0 Å². The first-order valence-corrected chi connectivity index (χ1v) is 11.7. The number of rotatable bonds is 6. The summed E-state index contributed by atoms with van der Waals surface area (Å²) in [5.74, 6) is 0.678. The van der Waals surface area contributed by atoms with Gasteiger partial charge in [0.25, 0.3) is 5.56 Å². The maximum atomic E-state index is 13.0. The van der Waals surface area contributed by atoms with Crippen molar-refractivity contribution >= 4 is 34.4 Å². The molecular weight excluding hydrogens is 430 g/mol. The normalized spacial score (nSPS) is 17.0. The van der Waals surface area contributed by atoms with E-state index in [1.54, 1.807) is 16.2 Å². The van der Waals surface area contributed by atoms with Crippen LogP contribution in [0.15, 0.2) is 14.6 Å². The molecule has 3 aromatic heterocycles. The molecule has 5 rings (SSSR count). The Labute approximate surface area is 187 Å². The van der Waals surface area contributed by atoms with Crippen LogP contribution in [0.4, 0.5) is 5.69 Å². The zero-order valence-corrected chi connectivity index (χ0v) is 19.2. The first-order chi connectivity index (χ1) is 15.2. The molecule has 1 atom stereocenters. The second kappa shape index (κ2) is 7.58.